The molecular formula is C16H22N4O4. The molecule has 0 aliphatic rings. The molecule has 2 heterocycles. The van der Waals surface area contributed by atoms with Crippen LogP contribution in [0.4, 0.5) is 0 Å². The van der Waals surface area contributed by atoms with E-state index in [1.807, 2.05) is 13.8 Å². The van der Waals surface area contributed by atoms with Crippen LogP contribution in [0.5, 0.6) is 0 Å². The Morgan fingerprint density at radius 1 is 1.25 bits per heavy atom. The molecule has 24 heavy (non-hydrogen) atoms. The molecule has 130 valence electrons. The highest BCUT2D eigenvalue weighted by Crippen LogP contribution is 2.11. The molecule has 0 spiro atoms. The standard InChI is InChI=1S/C16H22N4O4/c1-11(2)16-19-15(24-20-16)7-3-6-13(21)18-10-14(22)17-9-12-5-4-8-23-12/h4-5,8,11H,3,6-7,9-10H2,1-2H3,(H,17,22)(H,18,21). The topological polar surface area (TPSA) is 110 Å². The van der Waals surface area contributed by atoms with Crippen molar-refractivity contribution in [3.63, 3.8) is 0 Å². The smallest absolute Gasteiger partial charge is 0.239 e. The second-order valence-corrected chi connectivity index (χ2v) is 5.69. The zero-order chi connectivity index (χ0) is 17.4. The highest BCUT2D eigenvalue weighted by Gasteiger charge is 2.11. The average molecular weight is 334 g/mol. The summed E-state index contributed by atoms with van der Waals surface area (Å²) in [7, 11) is 0. The molecule has 0 radical (unpaired) electrons. The SMILES string of the molecule is CC(C)c1noc(CCCC(=O)NCC(=O)NCc2ccco2)n1. The van der Waals surface area contributed by atoms with Crippen LogP contribution in [0.2, 0.25) is 0 Å². The van der Waals surface area contributed by atoms with Gasteiger partial charge in [0.2, 0.25) is 17.7 Å². The highest BCUT2D eigenvalue weighted by atomic mass is 16.5. The van der Waals surface area contributed by atoms with Crippen LogP contribution >= 0.6 is 0 Å². The lowest BCUT2D eigenvalue weighted by molar-refractivity contribution is -0.126. The first-order valence-corrected chi connectivity index (χ1v) is 7.93. The van der Waals surface area contributed by atoms with Gasteiger partial charge in [-0.05, 0) is 18.6 Å². The summed E-state index contributed by atoms with van der Waals surface area (Å²) in [4.78, 5) is 27.6. The highest BCUT2D eigenvalue weighted by molar-refractivity contribution is 5.84. The van der Waals surface area contributed by atoms with E-state index in [-0.39, 0.29) is 24.3 Å². The molecule has 0 bridgehead atoms. The van der Waals surface area contributed by atoms with Crippen molar-refractivity contribution in [3.8, 4) is 0 Å². The van der Waals surface area contributed by atoms with Crippen LogP contribution in [-0.4, -0.2) is 28.5 Å². The second kappa shape index (κ2) is 8.85. The molecular weight excluding hydrogens is 312 g/mol. The molecule has 2 rings (SSSR count). The van der Waals surface area contributed by atoms with E-state index in [0.717, 1.165) is 0 Å². The molecule has 0 fully saturated rings. The lowest BCUT2D eigenvalue weighted by Gasteiger charge is -2.05. The van der Waals surface area contributed by atoms with E-state index in [1.54, 1.807) is 12.1 Å². The number of hydrogen-bond acceptors (Lipinski definition) is 6. The van der Waals surface area contributed by atoms with E-state index >= 15 is 0 Å². The van der Waals surface area contributed by atoms with Crippen molar-refractivity contribution in [2.45, 2.75) is 45.6 Å². The lowest BCUT2D eigenvalue weighted by atomic mass is 10.2. The number of aromatic nitrogens is 2. The minimum Gasteiger partial charge on any atom is -0.467 e. The van der Waals surface area contributed by atoms with Crippen LogP contribution in [-0.2, 0) is 22.6 Å². The summed E-state index contributed by atoms with van der Waals surface area (Å²) in [5, 5.41) is 9.10. The Bertz CT molecular complexity index is 649. The van der Waals surface area contributed by atoms with Gasteiger partial charge in [-0.1, -0.05) is 19.0 Å². The molecule has 8 heteroatoms. The van der Waals surface area contributed by atoms with Crippen LogP contribution in [0.15, 0.2) is 27.3 Å². The number of hydrogen-bond donors (Lipinski definition) is 2. The molecule has 0 aliphatic heterocycles. The minimum absolute atomic E-state index is 0.0579. The van der Waals surface area contributed by atoms with Crippen molar-refractivity contribution < 1.29 is 18.5 Å². The molecule has 8 nitrogen and oxygen atoms in total. The molecule has 0 unspecified atom stereocenters. The van der Waals surface area contributed by atoms with E-state index in [0.29, 0.717) is 43.3 Å². The second-order valence-electron chi connectivity index (χ2n) is 5.69. The van der Waals surface area contributed by atoms with Gasteiger partial charge >= 0.3 is 0 Å². The molecule has 2 N–H and O–H groups in total. The fourth-order valence-electron chi connectivity index (χ4n) is 1.93. The van der Waals surface area contributed by atoms with Gasteiger partial charge in [-0.2, -0.15) is 4.98 Å². The largest absolute Gasteiger partial charge is 0.467 e. The monoisotopic (exact) mass is 334 g/mol. The first kappa shape index (κ1) is 17.7. The number of furan rings is 1. The van der Waals surface area contributed by atoms with Crippen LogP contribution in [0.3, 0.4) is 0 Å². The van der Waals surface area contributed by atoms with Gasteiger partial charge in [0.1, 0.15) is 5.76 Å². The number of amides is 2. The maximum atomic E-state index is 11.7. The van der Waals surface area contributed by atoms with E-state index in [4.69, 9.17) is 8.94 Å². The number of aryl methyl sites for hydroxylation is 1. The number of nitrogens with zero attached hydrogens (tertiary/aromatic N) is 2. The van der Waals surface area contributed by atoms with Gasteiger partial charge in [0.15, 0.2) is 5.82 Å². The molecule has 2 aromatic rings. The Morgan fingerprint density at radius 3 is 2.75 bits per heavy atom. The zero-order valence-electron chi connectivity index (χ0n) is 13.9. The summed E-state index contributed by atoms with van der Waals surface area (Å²) in [6.07, 6.45) is 2.96. The van der Waals surface area contributed by atoms with Crippen LogP contribution in [0.25, 0.3) is 0 Å². The summed E-state index contributed by atoms with van der Waals surface area (Å²) < 4.78 is 10.2. The summed E-state index contributed by atoms with van der Waals surface area (Å²) in [6.45, 7) is 4.21. The van der Waals surface area contributed by atoms with Crippen LogP contribution in [0, 0.1) is 0 Å². The fourth-order valence-corrected chi connectivity index (χ4v) is 1.93. The summed E-state index contributed by atoms with van der Waals surface area (Å²) >= 11 is 0. The number of carbonyl (C=O) groups is 2. The van der Waals surface area contributed by atoms with Crippen molar-refractivity contribution in [2.24, 2.45) is 0 Å². The zero-order valence-corrected chi connectivity index (χ0v) is 13.9. The average Bonchev–Trinajstić information content (AvgIpc) is 3.22. The minimum atomic E-state index is -0.266. The summed E-state index contributed by atoms with van der Waals surface area (Å²) in [5.41, 5.74) is 0. The number of carbonyl (C=O) groups excluding carboxylic acids is 2. The Kier molecular flexibility index (Phi) is 6.53. The van der Waals surface area contributed by atoms with Gasteiger partial charge < -0.3 is 19.6 Å². The Labute approximate surface area is 140 Å². The predicted molar refractivity (Wildman–Crippen MR) is 84.9 cm³/mol. The molecule has 0 aromatic carbocycles. The van der Waals surface area contributed by atoms with Crippen molar-refractivity contribution >= 4 is 11.8 Å². The van der Waals surface area contributed by atoms with Crippen LogP contribution < -0.4 is 10.6 Å². The van der Waals surface area contributed by atoms with Gasteiger partial charge in [-0.25, -0.2) is 0 Å². The molecule has 0 saturated heterocycles. The molecule has 0 aliphatic carbocycles. The summed E-state index contributed by atoms with van der Waals surface area (Å²) in [6, 6.07) is 3.51. The first-order valence-electron chi connectivity index (χ1n) is 7.93. The maximum Gasteiger partial charge on any atom is 0.239 e. The summed E-state index contributed by atoms with van der Waals surface area (Å²) in [5.74, 6) is 1.62. The fraction of sp³-hybridized carbons (Fsp3) is 0.500. The Morgan fingerprint density at radius 2 is 2.08 bits per heavy atom. The Balaban J connectivity index is 1.58. The van der Waals surface area contributed by atoms with Gasteiger partial charge in [-0.3, -0.25) is 9.59 Å². The number of nitrogens with one attached hydrogen (secondary N) is 2. The van der Waals surface area contributed by atoms with Gasteiger partial charge in [-0.15, -0.1) is 0 Å². The normalized spacial score (nSPS) is 10.8. The third-order valence-corrected chi connectivity index (χ3v) is 3.28. The van der Waals surface area contributed by atoms with Crippen molar-refractivity contribution in [3.05, 3.63) is 35.9 Å². The van der Waals surface area contributed by atoms with Gasteiger partial charge in [0.25, 0.3) is 0 Å². The van der Waals surface area contributed by atoms with E-state index < -0.39 is 0 Å². The van der Waals surface area contributed by atoms with Gasteiger partial charge in [0.05, 0.1) is 19.4 Å². The maximum absolute atomic E-state index is 11.7. The van der Waals surface area contributed by atoms with E-state index in [1.165, 1.54) is 6.26 Å². The first-order chi connectivity index (χ1) is 11.5. The Hall–Kier alpha value is -2.64. The third-order valence-electron chi connectivity index (χ3n) is 3.28. The molecule has 0 saturated carbocycles. The van der Waals surface area contributed by atoms with Gasteiger partial charge in [0, 0.05) is 18.8 Å². The van der Waals surface area contributed by atoms with E-state index in [9.17, 15) is 9.59 Å². The van der Waals surface area contributed by atoms with Crippen LogP contribution in [0.1, 0.15) is 50.1 Å². The molecule has 2 aromatic heterocycles. The lowest BCUT2D eigenvalue weighted by Crippen LogP contribution is -2.36. The number of rotatable bonds is 9. The molecule has 0 atom stereocenters. The van der Waals surface area contributed by atoms with E-state index in [2.05, 4.69) is 20.8 Å². The van der Waals surface area contributed by atoms with Crippen molar-refractivity contribution in [2.75, 3.05) is 6.54 Å². The van der Waals surface area contributed by atoms with Crippen molar-refractivity contribution in [1.82, 2.24) is 20.8 Å². The predicted octanol–water partition coefficient (Wildman–Crippen LogP) is 1.54. The third kappa shape index (κ3) is 5.86. The quantitative estimate of drug-likeness (QED) is 0.720. The molecule has 2 amide bonds. The van der Waals surface area contributed by atoms with Crippen molar-refractivity contribution in [1.29, 1.82) is 0 Å².